The number of hydrogen-bond donors (Lipinski definition) is 4. The van der Waals surface area contributed by atoms with Crippen LogP contribution in [-0.2, 0) is 19.1 Å². The third kappa shape index (κ3) is 7.06. The van der Waals surface area contributed by atoms with E-state index in [0.717, 1.165) is 0 Å². The molecule has 0 aromatic heterocycles. The van der Waals surface area contributed by atoms with Gasteiger partial charge in [0, 0.05) is 0 Å². The van der Waals surface area contributed by atoms with Crippen molar-refractivity contribution < 1.29 is 39.5 Å². The summed E-state index contributed by atoms with van der Waals surface area (Å²) in [4.78, 5) is 21.1. The highest BCUT2D eigenvalue weighted by molar-refractivity contribution is 5.78. The Morgan fingerprint density at radius 2 is 1.11 bits per heavy atom. The average Bonchev–Trinajstić information content (AvgIpc) is 2.43. The minimum Gasteiger partial charge on any atom is -0.462 e. The molecule has 0 amide bonds. The van der Waals surface area contributed by atoms with Crippen molar-refractivity contribution in [2.75, 3.05) is 39.6 Å². The predicted molar refractivity (Wildman–Crippen MR) is 61.9 cm³/mol. The first-order valence-electron chi connectivity index (χ1n) is 5.78. The molecule has 8 nitrogen and oxygen atoms in total. The maximum absolute atomic E-state index is 10.6. The molecule has 0 spiro atoms. The SMILES string of the molecule is O=C1CCC(=O)OCCO1.OCC(CO)(CO)CO. The van der Waals surface area contributed by atoms with Crippen LogP contribution >= 0.6 is 0 Å². The Bertz CT molecular complexity index is 238. The van der Waals surface area contributed by atoms with E-state index in [1.54, 1.807) is 0 Å². The van der Waals surface area contributed by atoms with Gasteiger partial charge in [-0.05, 0) is 0 Å². The molecule has 4 N–H and O–H groups in total. The lowest BCUT2D eigenvalue weighted by atomic mass is 9.93. The number of carbonyl (C=O) groups excluding carboxylic acids is 2. The number of aliphatic hydroxyl groups is 4. The molecule has 0 saturated carbocycles. The predicted octanol–water partition coefficient (Wildman–Crippen LogP) is -2.19. The van der Waals surface area contributed by atoms with Gasteiger partial charge in [0.2, 0.25) is 0 Å². The second-order valence-electron chi connectivity index (χ2n) is 4.07. The Morgan fingerprint density at radius 3 is 1.32 bits per heavy atom. The van der Waals surface area contributed by atoms with Crippen molar-refractivity contribution in [2.24, 2.45) is 5.41 Å². The summed E-state index contributed by atoms with van der Waals surface area (Å²) in [6.07, 6.45) is 0.275. The van der Waals surface area contributed by atoms with Gasteiger partial charge in [0.1, 0.15) is 13.2 Å². The normalized spacial score (nSPS) is 16.4. The van der Waals surface area contributed by atoms with Crippen LogP contribution in [0.1, 0.15) is 12.8 Å². The highest BCUT2D eigenvalue weighted by atomic mass is 16.6. The van der Waals surface area contributed by atoms with Crippen molar-refractivity contribution in [1.82, 2.24) is 0 Å². The molecule has 1 fully saturated rings. The van der Waals surface area contributed by atoms with Crippen molar-refractivity contribution >= 4 is 11.9 Å². The highest BCUT2D eigenvalue weighted by Crippen LogP contribution is 2.11. The van der Waals surface area contributed by atoms with Crippen LogP contribution < -0.4 is 0 Å². The maximum atomic E-state index is 10.6. The van der Waals surface area contributed by atoms with Crippen molar-refractivity contribution in [1.29, 1.82) is 0 Å². The number of ether oxygens (including phenoxy) is 2. The minimum absolute atomic E-state index is 0.138. The highest BCUT2D eigenvalue weighted by Gasteiger charge is 2.26. The Balaban J connectivity index is 0.000000344. The van der Waals surface area contributed by atoms with Crippen LogP contribution in [0.25, 0.3) is 0 Å². The van der Waals surface area contributed by atoms with Crippen LogP contribution in [0, 0.1) is 5.41 Å². The summed E-state index contributed by atoms with van der Waals surface area (Å²) in [5, 5.41) is 34.0. The van der Waals surface area contributed by atoms with Crippen molar-refractivity contribution in [3.8, 4) is 0 Å². The van der Waals surface area contributed by atoms with Crippen molar-refractivity contribution in [2.45, 2.75) is 12.8 Å². The molecule has 1 saturated heterocycles. The third-order valence-corrected chi connectivity index (χ3v) is 2.48. The number of esters is 2. The van der Waals surface area contributed by atoms with Crippen LogP contribution in [-0.4, -0.2) is 72.0 Å². The fourth-order valence-corrected chi connectivity index (χ4v) is 0.959. The van der Waals surface area contributed by atoms with Crippen LogP contribution in [0.15, 0.2) is 0 Å². The monoisotopic (exact) mass is 280 g/mol. The number of hydrogen-bond acceptors (Lipinski definition) is 8. The number of aliphatic hydroxyl groups excluding tert-OH is 4. The summed E-state index contributed by atoms with van der Waals surface area (Å²) in [6, 6.07) is 0. The van der Waals surface area contributed by atoms with Gasteiger partial charge in [-0.1, -0.05) is 0 Å². The first-order chi connectivity index (χ1) is 9.03. The van der Waals surface area contributed by atoms with Gasteiger partial charge in [-0.15, -0.1) is 0 Å². The molecule has 1 rings (SSSR count). The third-order valence-electron chi connectivity index (χ3n) is 2.48. The lowest BCUT2D eigenvalue weighted by molar-refractivity contribution is -0.158. The van der Waals surface area contributed by atoms with Gasteiger partial charge in [0.15, 0.2) is 0 Å². The first-order valence-corrected chi connectivity index (χ1v) is 5.78. The Kier molecular flexibility index (Phi) is 9.06. The Labute approximate surface area is 110 Å². The van der Waals surface area contributed by atoms with E-state index in [0.29, 0.717) is 0 Å². The summed E-state index contributed by atoms with van der Waals surface area (Å²) in [5.41, 5.74) is -1.11. The van der Waals surface area contributed by atoms with Gasteiger partial charge >= 0.3 is 11.9 Å². The summed E-state index contributed by atoms with van der Waals surface area (Å²) in [5.74, 6) is -0.645. The zero-order valence-electron chi connectivity index (χ0n) is 10.6. The van der Waals surface area contributed by atoms with Crippen LogP contribution in [0.3, 0.4) is 0 Å². The van der Waals surface area contributed by atoms with E-state index in [9.17, 15) is 9.59 Å². The second kappa shape index (κ2) is 9.68. The molecule has 0 aliphatic carbocycles. The van der Waals surface area contributed by atoms with Gasteiger partial charge in [-0.25, -0.2) is 0 Å². The molecule has 112 valence electrons. The van der Waals surface area contributed by atoms with E-state index >= 15 is 0 Å². The topological polar surface area (TPSA) is 134 Å². The quantitative estimate of drug-likeness (QED) is 0.427. The second-order valence-corrected chi connectivity index (χ2v) is 4.07. The minimum atomic E-state index is -1.11. The number of carbonyl (C=O) groups is 2. The van der Waals surface area contributed by atoms with Gasteiger partial charge in [0.05, 0.1) is 44.7 Å². The summed E-state index contributed by atoms with van der Waals surface area (Å²) >= 11 is 0. The molecule has 1 aliphatic rings. The molecule has 0 aromatic rings. The molecule has 1 heterocycles. The molecular formula is C11H20O8. The van der Waals surface area contributed by atoms with E-state index < -0.39 is 31.8 Å². The smallest absolute Gasteiger partial charge is 0.306 e. The van der Waals surface area contributed by atoms with Gasteiger partial charge in [0.25, 0.3) is 0 Å². The lowest BCUT2D eigenvalue weighted by Gasteiger charge is -2.23. The molecule has 0 unspecified atom stereocenters. The fourth-order valence-electron chi connectivity index (χ4n) is 0.959. The van der Waals surface area contributed by atoms with Crippen LogP contribution in [0.2, 0.25) is 0 Å². The number of rotatable bonds is 4. The van der Waals surface area contributed by atoms with Gasteiger partial charge in [-0.2, -0.15) is 0 Å². The van der Waals surface area contributed by atoms with Crippen molar-refractivity contribution in [3.63, 3.8) is 0 Å². The van der Waals surface area contributed by atoms with Crippen LogP contribution in [0.5, 0.6) is 0 Å². The molecule has 1 aliphatic heterocycles. The fraction of sp³-hybridized carbons (Fsp3) is 0.818. The molecule has 19 heavy (non-hydrogen) atoms. The largest absolute Gasteiger partial charge is 0.462 e. The van der Waals surface area contributed by atoms with E-state index in [2.05, 4.69) is 9.47 Å². The summed E-state index contributed by atoms with van der Waals surface area (Å²) in [6.45, 7) is -1.25. The van der Waals surface area contributed by atoms with Crippen molar-refractivity contribution in [3.05, 3.63) is 0 Å². The molecule has 0 atom stereocenters. The Hall–Kier alpha value is -1.22. The maximum Gasteiger partial charge on any atom is 0.306 e. The van der Waals surface area contributed by atoms with Gasteiger partial charge < -0.3 is 29.9 Å². The zero-order valence-corrected chi connectivity index (χ0v) is 10.6. The average molecular weight is 280 g/mol. The molecule has 0 radical (unpaired) electrons. The molecule has 8 heteroatoms. The molecular weight excluding hydrogens is 260 g/mol. The zero-order chi connectivity index (χ0) is 14.7. The number of cyclic esters (lactones) is 2. The van der Waals surface area contributed by atoms with E-state index in [1.165, 1.54) is 0 Å². The Morgan fingerprint density at radius 1 is 0.789 bits per heavy atom. The van der Waals surface area contributed by atoms with E-state index in [4.69, 9.17) is 20.4 Å². The van der Waals surface area contributed by atoms with E-state index in [1.807, 2.05) is 0 Å². The summed E-state index contributed by atoms with van der Waals surface area (Å²) in [7, 11) is 0. The first kappa shape index (κ1) is 17.8. The molecule has 0 aromatic carbocycles. The van der Waals surface area contributed by atoms with Gasteiger partial charge in [-0.3, -0.25) is 9.59 Å². The standard InChI is InChI=1S/C6H8O4.C5H12O4/c7-5-1-2-6(8)10-4-3-9-5;6-1-5(2-7,3-8)4-9/h1-4H2;6-9H,1-4H2. The van der Waals surface area contributed by atoms with E-state index in [-0.39, 0.29) is 38.0 Å². The lowest BCUT2D eigenvalue weighted by Crippen LogP contribution is -2.37. The summed E-state index contributed by atoms with van der Waals surface area (Å²) < 4.78 is 9.23. The van der Waals surface area contributed by atoms with Crippen LogP contribution in [0.4, 0.5) is 0 Å². The molecule has 0 bridgehead atoms.